The molecule has 5 rings (SSSR count). The van der Waals surface area contributed by atoms with Crippen LogP contribution in [-0.4, -0.2) is 69.6 Å². The van der Waals surface area contributed by atoms with Crippen LogP contribution in [0.3, 0.4) is 0 Å². The van der Waals surface area contributed by atoms with E-state index in [-0.39, 0.29) is 11.6 Å². The fourth-order valence-electron chi connectivity index (χ4n) is 3.94. The van der Waals surface area contributed by atoms with Crippen molar-refractivity contribution in [3.8, 4) is 10.6 Å². The number of thiophene rings is 1. The molecule has 4 N–H and O–H groups in total. The van der Waals surface area contributed by atoms with E-state index in [0.717, 1.165) is 43.2 Å². The third-order valence-corrected chi connectivity index (χ3v) is 7.24. The van der Waals surface area contributed by atoms with Gasteiger partial charge < -0.3 is 20.9 Å². The summed E-state index contributed by atoms with van der Waals surface area (Å²) in [5.74, 6) is 0.177. The van der Waals surface area contributed by atoms with Crippen LogP contribution in [0.25, 0.3) is 22.3 Å². The summed E-state index contributed by atoms with van der Waals surface area (Å²) in [4.78, 5) is 44.7. The Kier molecular flexibility index (Phi) is 6.70. The summed E-state index contributed by atoms with van der Waals surface area (Å²) in [6, 6.07) is 5.44. The Morgan fingerprint density at radius 1 is 1.25 bits per heavy atom. The molecule has 0 aromatic carbocycles. The average molecular weight is 509 g/mol. The first-order chi connectivity index (χ1) is 17.4. The van der Waals surface area contributed by atoms with E-state index >= 15 is 0 Å². The Labute approximate surface area is 212 Å². The molecule has 1 aliphatic carbocycles. The summed E-state index contributed by atoms with van der Waals surface area (Å²) in [5, 5.41) is 15.6. The van der Waals surface area contributed by atoms with Gasteiger partial charge in [0.15, 0.2) is 5.65 Å². The molecule has 4 heterocycles. The molecular formula is C24H28N8O3S. The van der Waals surface area contributed by atoms with Gasteiger partial charge in [-0.05, 0) is 44.1 Å². The van der Waals surface area contributed by atoms with Crippen molar-refractivity contribution in [1.82, 2.24) is 35.4 Å². The van der Waals surface area contributed by atoms with Crippen LogP contribution < -0.4 is 21.3 Å². The summed E-state index contributed by atoms with van der Waals surface area (Å²) in [7, 11) is 0. The van der Waals surface area contributed by atoms with E-state index in [1.807, 2.05) is 18.2 Å². The molecule has 0 atom stereocenters. The Hall–Kier alpha value is -3.77. The van der Waals surface area contributed by atoms with Crippen molar-refractivity contribution in [2.24, 2.45) is 0 Å². The third kappa shape index (κ3) is 5.09. The monoisotopic (exact) mass is 508 g/mol. The van der Waals surface area contributed by atoms with Gasteiger partial charge in [0.2, 0.25) is 0 Å². The van der Waals surface area contributed by atoms with Crippen LogP contribution in [0.2, 0.25) is 0 Å². The minimum atomic E-state index is -0.561. The van der Waals surface area contributed by atoms with E-state index < -0.39 is 11.9 Å². The van der Waals surface area contributed by atoms with Crippen LogP contribution in [0, 0.1) is 0 Å². The van der Waals surface area contributed by atoms with Gasteiger partial charge in [-0.3, -0.25) is 14.9 Å². The van der Waals surface area contributed by atoms with Gasteiger partial charge in [0.25, 0.3) is 11.8 Å². The number of nitrogens with zero attached hydrogens (tertiary/aromatic N) is 4. The number of carbonyl (C=O) groups is 3. The molecule has 0 spiro atoms. The summed E-state index contributed by atoms with van der Waals surface area (Å²) in [5.41, 5.74) is 1.96. The number of nitrogens with one attached hydrogen (secondary N) is 4. The quantitative estimate of drug-likeness (QED) is 0.244. The molecule has 11 nitrogen and oxygen atoms in total. The first-order valence-electron chi connectivity index (χ1n) is 12.0. The van der Waals surface area contributed by atoms with Crippen LogP contribution in [0.15, 0.2) is 30.1 Å². The SMILES string of the molecule is CCN(CC)CCNC(=O)c1ccc(-c2cc(NC3CC3)n3ncc(/C=C4\NC(=O)NC4=O)c3n2)s1. The topological polar surface area (TPSA) is 133 Å². The van der Waals surface area contributed by atoms with Crippen molar-refractivity contribution in [3.63, 3.8) is 0 Å². The Morgan fingerprint density at radius 3 is 2.75 bits per heavy atom. The van der Waals surface area contributed by atoms with Crippen molar-refractivity contribution in [2.45, 2.75) is 32.7 Å². The van der Waals surface area contributed by atoms with Gasteiger partial charge in [-0.15, -0.1) is 11.3 Å². The lowest BCUT2D eigenvalue weighted by atomic mass is 10.2. The normalized spacial score (nSPS) is 16.6. The second-order valence-electron chi connectivity index (χ2n) is 8.69. The zero-order valence-electron chi connectivity index (χ0n) is 20.1. The van der Waals surface area contributed by atoms with Crippen LogP contribution >= 0.6 is 11.3 Å². The highest BCUT2D eigenvalue weighted by molar-refractivity contribution is 7.17. The number of rotatable bonds is 10. The number of amides is 4. The molecule has 0 radical (unpaired) electrons. The third-order valence-electron chi connectivity index (χ3n) is 6.14. The van der Waals surface area contributed by atoms with Crippen LogP contribution in [-0.2, 0) is 4.79 Å². The molecule has 12 heteroatoms. The van der Waals surface area contributed by atoms with E-state index in [9.17, 15) is 14.4 Å². The molecule has 4 amide bonds. The van der Waals surface area contributed by atoms with Crippen LogP contribution in [0.5, 0.6) is 0 Å². The summed E-state index contributed by atoms with van der Waals surface area (Å²) < 4.78 is 1.69. The molecule has 1 saturated carbocycles. The minimum absolute atomic E-state index is 0.103. The summed E-state index contributed by atoms with van der Waals surface area (Å²) in [6.07, 6.45) is 5.34. The lowest BCUT2D eigenvalue weighted by Crippen LogP contribution is -2.34. The van der Waals surface area contributed by atoms with Gasteiger partial charge >= 0.3 is 6.03 Å². The molecule has 2 fully saturated rings. The maximum Gasteiger partial charge on any atom is 0.326 e. The number of hydrogen-bond acceptors (Lipinski definition) is 8. The lowest BCUT2D eigenvalue weighted by molar-refractivity contribution is -0.115. The fourth-order valence-corrected chi connectivity index (χ4v) is 4.82. The highest BCUT2D eigenvalue weighted by Gasteiger charge is 2.25. The van der Waals surface area contributed by atoms with E-state index in [4.69, 9.17) is 4.98 Å². The van der Waals surface area contributed by atoms with Crippen molar-refractivity contribution in [3.05, 3.63) is 40.5 Å². The maximum atomic E-state index is 12.7. The van der Waals surface area contributed by atoms with E-state index in [1.54, 1.807) is 16.8 Å². The molecule has 1 aliphatic heterocycles. The lowest BCUT2D eigenvalue weighted by Gasteiger charge is -2.17. The summed E-state index contributed by atoms with van der Waals surface area (Å²) in [6.45, 7) is 7.51. The molecule has 2 aliphatic rings. The highest BCUT2D eigenvalue weighted by atomic mass is 32.1. The van der Waals surface area contributed by atoms with Crippen molar-refractivity contribution in [2.75, 3.05) is 31.5 Å². The maximum absolute atomic E-state index is 12.7. The van der Waals surface area contributed by atoms with Crippen molar-refractivity contribution in [1.29, 1.82) is 0 Å². The molecule has 36 heavy (non-hydrogen) atoms. The van der Waals surface area contributed by atoms with E-state index in [0.29, 0.717) is 34.4 Å². The number of fused-ring (bicyclic) bond motifs is 1. The molecular weight excluding hydrogens is 480 g/mol. The zero-order chi connectivity index (χ0) is 25.2. The van der Waals surface area contributed by atoms with E-state index in [1.165, 1.54) is 11.3 Å². The largest absolute Gasteiger partial charge is 0.367 e. The number of aromatic nitrogens is 3. The van der Waals surface area contributed by atoms with Gasteiger partial charge in [-0.2, -0.15) is 9.61 Å². The molecule has 3 aromatic heterocycles. The Morgan fingerprint density at radius 2 is 2.06 bits per heavy atom. The van der Waals surface area contributed by atoms with Crippen molar-refractivity contribution >= 4 is 46.7 Å². The van der Waals surface area contributed by atoms with Crippen LogP contribution in [0.1, 0.15) is 41.9 Å². The number of urea groups is 1. The average Bonchev–Trinajstić information content (AvgIpc) is 3.25. The molecule has 188 valence electrons. The fraction of sp³-hybridized carbons (Fsp3) is 0.375. The van der Waals surface area contributed by atoms with Crippen molar-refractivity contribution < 1.29 is 14.4 Å². The second kappa shape index (κ2) is 10.1. The van der Waals surface area contributed by atoms with Crippen LogP contribution in [0.4, 0.5) is 10.6 Å². The van der Waals surface area contributed by atoms with Gasteiger partial charge in [0.05, 0.1) is 21.6 Å². The highest BCUT2D eigenvalue weighted by Crippen LogP contribution is 2.32. The number of imide groups is 1. The Bertz CT molecular complexity index is 1350. The molecule has 0 unspecified atom stereocenters. The molecule has 3 aromatic rings. The molecule has 1 saturated heterocycles. The minimum Gasteiger partial charge on any atom is -0.367 e. The smallest absolute Gasteiger partial charge is 0.326 e. The first-order valence-corrected chi connectivity index (χ1v) is 12.9. The van der Waals surface area contributed by atoms with Gasteiger partial charge in [-0.1, -0.05) is 13.8 Å². The second-order valence-corrected chi connectivity index (χ2v) is 9.78. The predicted octanol–water partition coefficient (Wildman–Crippen LogP) is 2.28. The summed E-state index contributed by atoms with van der Waals surface area (Å²) >= 11 is 1.38. The Balaban J connectivity index is 1.43. The van der Waals surface area contributed by atoms with Gasteiger partial charge in [0, 0.05) is 30.8 Å². The van der Waals surface area contributed by atoms with Gasteiger partial charge in [0.1, 0.15) is 11.5 Å². The molecule has 0 bridgehead atoms. The van der Waals surface area contributed by atoms with Gasteiger partial charge in [-0.25, -0.2) is 9.78 Å². The number of anilines is 1. The number of carbonyl (C=O) groups excluding carboxylic acids is 3. The first kappa shape index (κ1) is 23.9. The zero-order valence-corrected chi connectivity index (χ0v) is 20.9. The standard InChI is InChI=1S/C24H28N8O3S/c1-3-31(4-2)10-9-25-23(34)19-8-7-18(36-19)16-12-20(27-15-5-6-15)32-21(28-16)14(13-26-32)11-17-22(33)30-24(35)29-17/h7-8,11-13,15,27H,3-6,9-10H2,1-2H3,(H,25,34)(H2,29,30,33,35)/b17-11-. The number of likely N-dealkylation sites (N-methyl/N-ethyl adjacent to an activating group) is 1. The van der Waals surface area contributed by atoms with E-state index in [2.05, 4.69) is 45.1 Å². The number of hydrogen-bond donors (Lipinski definition) is 4. The predicted molar refractivity (Wildman–Crippen MR) is 138 cm³/mol.